The lowest BCUT2D eigenvalue weighted by Crippen LogP contribution is -2.40. The van der Waals surface area contributed by atoms with E-state index < -0.39 is 0 Å². The molecule has 1 aromatic rings. The van der Waals surface area contributed by atoms with Crippen molar-refractivity contribution in [3.8, 4) is 0 Å². The molecule has 0 fully saturated rings. The van der Waals surface area contributed by atoms with Gasteiger partial charge in [-0.1, -0.05) is 12.1 Å². The van der Waals surface area contributed by atoms with Crippen molar-refractivity contribution in [1.29, 1.82) is 0 Å². The molecule has 1 aromatic heterocycles. The average Bonchev–Trinajstić information content (AvgIpc) is 2.64. The summed E-state index contributed by atoms with van der Waals surface area (Å²) in [5.74, 6) is 0.230. The maximum Gasteiger partial charge on any atom is 0.156 e. The molecule has 0 aromatic carbocycles. The fourth-order valence-electron chi connectivity index (χ4n) is 1.20. The third-order valence-corrected chi connectivity index (χ3v) is 3.72. The summed E-state index contributed by atoms with van der Waals surface area (Å²) in [5.41, 5.74) is 5.53. The second-order valence-electron chi connectivity index (χ2n) is 3.10. The smallest absolute Gasteiger partial charge is 0.156 e. The molecule has 4 N–H and O–H groups in total. The Morgan fingerprint density at radius 1 is 1.80 bits per heavy atom. The first-order chi connectivity index (χ1) is 7.17. The van der Waals surface area contributed by atoms with Crippen LogP contribution in [-0.2, 0) is 6.54 Å². The molecule has 1 atom stereocenters. The first-order valence-corrected chi connectivity index (χ1v) is 6.28. The van der Waals surface area contributed by atoms with Crippen LogP contribution in [0.3, 0.4) is 0 Å². The van der Waals surface area contributed by atoms with E-state index in [-0.39, 0.29) is 11.9 Å². The predicted molar refractivity (Wildman–Crippen MR) is 66.3 cm³/mol. The van der Waals surface area contributed by atoms with Crippen LogP contribution in [0.25, 0.3) is 0 Å². The SMILES string of the molecule is CCC(NCc1cc(Br)cs1)C(N)=NO. The summed E-state index contributed by atoms with van der Waals surface area (Å²) in [6.45, 7) is 2.71. The van der Waals surface area contributed by atoms with Gasteiger partial charge in [-0.2, -0.15) is 0 Å². The van der Waals surface area contributed by atoms with Gasteiger partial charge >= 0.3 is 0 Å². The zero-order chi connectivity index (χ0) is 11.3. The summed E-state index contributed by atoms with van der Waals surface area (Å²) in [7, 11) is 0. The van der Waals surface area contributed by atoms with E-state index in [0.717, 1.165) is 17.4 Å². The van der Waals surface area contributed by atoms with Gasteiger partial charge in [0.25, 0.3) is 0 Å². The van der Waals surface area contributed by atoms with Crippen LogP contribution < -0.4 is 11.1 Å². The number of halogens is 1. The Kier molecular flexibility index (Phi) is 5.07. The van der Waals surface area contributed by atoms with Crippen LogP contribution in [0.4, 0.5) is 0 Å². The number of hydrogen-bond donors (Lipinski definition) is 3. The molecule has 1 unspecified atom stereocenters. The molecule has 1 heterocycles. The number of hydrogen-bond acceptors (Lipinski definition) is 4. The molecule has 1 rings (SSSR count). The highest BCUT2D eigenvalue weighted by molar-refractivity contribution is 9.10. The van der Waals surface area contributed by atoms with Gasteiger partial charge in [-0.3, -0.25) is 0 Å². The number of nitrogens with two attached hydrogens (primary N) is 1. The summed E-state index contributed by atoms with van der Waals surface area (Å²) < 4.78 is 1.08. The fourth-order valence-corrected chi connectivity index (χ4v) is 2.60. The van der Waals surface area contributed by atoms with Crippen molar-refractivity contribution in [3.05, 3.63) is 20.8 Å². The molecule has 0 amide bonds. The topological polar surface area (TPSA) is 70.6 Å². The number of nitrogens with zero attached hydrogens (tertiary/aromatic N) is 1. The van der Waals surface area contributed by atoms with Gasteiger partial charge in [-0.25, -0.2) is 0 Å². The van der Waals surface area contributed by atoms with Crippen molar-refractivity contribution in [2.24, 2.45) is 10.9 Å². The van der Waals surface area contributed by atoms with Crippen molar-refractivity contribution in [1.82, 2.24) is 5.32 Å². The van der Waals surface area contributed by atoms with Gasteiger partial charge in [0, 0.05) is 21.3 Å². The molecule has 84 valence electrons. The van der Waals surface area contributed by atoms with Crippen LogP contribution in [0.2, 0.25) is 0 Å². The van der Waals surface area contributed by atoms with Crippen LogP contribution >= 0.6 is 27.3 Å². The maximum absolute atomic E-state index is 8.56. The van der Waals surface area contributed by atoms with Gasteiger partial charge in [0.2, 0.25) is 0 Å². The average molecular weight is 292 g/mol. The maximum atomic E-state index is 8.56. The Balaban J connectivity index is 2.48. The minimum atomic E-state index is -0.0733. The molecular weight excluding hydrogens is 278 g/mol. The van der Waals surface area contributed by atoms with Gasteiger partial charge in [0.1, 0.15) is 0 Å². The molecular formula is C9H14BrN3OS. The molecule has 0 saturated carbocycles. The Morgan fingerprint density at radius 3 is 3.00 bits per heavy atom. The second kappa shape index (κ2) is 6.09. The molecule has 4 nitrogen and oxygen atoms in total. The Hall–Kier alpha value is -0.590. The molecule has 15 heavy (non-hydrogen) atoms. The number of oxime groups is 1. The van der Waals surface area contributed by atoms with E-state index in [2.05, 4.69) is 32.5 Å². The van der Waals surface area contributed by atoms with Crippen LogP contribution in [0, 0.1) is 0 Å². The molecule has 0 saturated heterocycles. The first-order valence-electron chi connectivity index (χ1n) is 4.61. The van der Waals surface area contributed by atoms with E-state index in [4.69, 9.17) is 10.9 Å². The molecule has 0 radical (unpaired) electrons. The normalized spacial score (nSPS) is 14.1. The van der Waals surface area contributed by atoms with E-state index in [9.17, 15) is 0 Å². The lowest BCUT2D eigenvalue weighted by atomic mass is 10.2. The van der Waals surface area contributed by atoms with Crippen LogP contribution in [-0.4, -0.2) is 17.1 Å². The molecule has 0 aliphatic heterocycles. The first kappa shape index (κ1) is 12.5. The van der Waals surface area contributed by atoms with E-state index in [0.29, 0.717) is 0 Å². The van der Waals surface area contributed by atoms with E-state index >= 15 is 0 Å². The summed E-state index contributed by atoms with van der Waals surface area (Å²) in [5, 5.41) is 16.8. The van der Waals surface area contributed by atoms with Gasteiger partial charge < -0.3 is 16.3 Å². The van der Waals surface area contributed by atoms with E-state index in [1.165, 1.54) is 4.88 Å². The van der Waals surface area contributed by atoms with Crippen LogP contribution in [0.15, 0.2) is 21.1 Å². The van der Waals surface area contributed by atoms with Gasteiger partial charge in [-0.05, 0) is 28.4 Å². The molecule has 0 bridgehead atoms. The standard InChI is InChI=1S/C9H14BrN3OS/c1-2-8(9(11)13-14)12-4-7-3-6(10)5-15-7/h3,5,8,12,14H,2,4H2,1H3,(H2,11,13). The van der Waals surface area contributed by atoms with Crippen molar-refractivity contribution in [3.63, 3.8) is 0 Å². The largest absolute Gasteiger partial charge is 0.409 e. The fraction of sp³-hybridized carbons (Fsp3) is 0.444. The van der Waals surface area contributed by atoms with Crippen LogP contribution in [0.5, 0.6) is 0 Å². The molecule has 6 heteroatoms. The second-order valence-corrected chi connectivity index (χ2v) is 5.01. The Morgan fingerprint density at radius 2 is 2.53 bits per heavy atom. The van der Waals surface area contributed by atoms with Crippen molar-refractivity contribution in [2.45, 2.75) is 25.9 Å². The monoisotopic (exact) mass is 291 g/mol. The van der Waals surface area contributed by atoms with Crippen molar-refractivity contribution < 1.29 is 5.21 Å². The molecule has 0 spiro atoms. The highest BCUT2D eigenvalue weighted by Gasteiger charge is 2.10. The molecule has 0 aliphatic carbocycles. The Labute approximate surface area is 101 Å². The molecule has 0 aliphatic rings. The number of nitrogens with one attached hydrogen (secondary N) is 1. The van der Waals surface area contributed by atoms with Crippen molar-refractivity contribution in [2.75, 3.05) is 0 Å². The van der Waals surface area contributed by atoms with E-state index in [1.807, 2.05) is 12.3 Å². The third kappa shape index (κ3) is 3.81. The third-order valence-electron chi connectivity index (χ3n) is 2.03. The zero-order valence-electron chi connectivity index (χ0n) is 8.40. The van der Waals surface area contributed by atoms with Gasteiger partial charge in [-0.15, -0.1) is 11.3 Å². The highest BCUT2D eigenvalue weighted by atomic mass is 79.9. The van der Waals surface area contributed by atoms with Gasteiger partial charge in [0.15, 0.2) is 5.84 Å². The summed E-state index contributed by atoms with van der Waals surface area (Å²) in [4.78, 5) is 1.21. The van der Waals surface area contributed by atoms with Crippen LogP contribution in [0.1, 0.15) is 18.2 Å². The number of rotatable bonds is 5. The highest BCUT2D eigenvalue weighted by Crippen LogP contribution is 2.19. The Bertz CT molecular complexity index is 340. The summed E-state index contributed by atoms with van der Waals surface area (Å²) >= 11 is 5.06. The zero-order valence-corrected chi connectivity index (χ0v) is 10.8. The number of amidine groups is 1. The van der Waals surface area contributed by atoms with E-state index in [1.54, 1.807) is 11.3 Å². The summed E-state index contributed by atoms with van der Waals surface area (Å²) in [6.07, 6.45) is 0.794. The lowest BCUT2D eigenvalue weighted by molar-refractivity contribution is 0.314. The van der Waals surface area contributed by atoms with Gasteiger partial charge in [0.05, 0.1) is 6.04 Å². The minimum absolute atomic E-state index is 0.0733. The predicted octanol–water partition coefficient (Wildman–Crippen LogP) is 2.13. The number of thiophene rings is 1. The lowest BCUT2D eigenvalue weighted by Gasteiger charge is -2.14. The minimum Gasteiger partial charge on any atom is -0.409 e. The quantitative estimate of drug-likeness (QED) is 0.337. The summed E-state index contributed by atoms with van der Waals surface area (Å²) in [6, 6.07) is 1.98. The van der Waals surface area contributed by atoms with Crippen molar-refractivity contribution >= 4 is 33.1 Å².